The fourth-order valence-corrected chi connectivity index (χ4v) is 5.09. The molecule has 0 radical (unpaired) electrons. The molecule has 3 rings (SSSR count). The number of hydrogen-bond donors (Lipinski definition) is 1. The lowest BCUT2D eigenvalue weighted by Gasteiger charge is -2.38. The fourth-order valence-electron chi connectivity index (χ4n) is 3.19. The van der Waals surface area contributed by atoms with Crippen LogP contribution >= 0.6 is 11.8 Å². The molecule has 1 atom stereocenters. The second kappa shape index (κ2) is 7.73. The van der Waals surface area contributed by atoms with Crippen molar-refractivity contribution in [2.75, 3.05) is 19.3 Å². The topological polar surface area (TPSA) is 99.2 Å². The standard InChI is InChI=1S/C19H26N4O4S2/c1-18(2,3)16(25)23-19(13-20-29(4,26)27,14-9-6-5-7-10-14)28-17(21-23)22-12-8-11-15(22)24/h5-7,9-10,20H,8,11-13H2,1-4H3. The van der Waals surface area contributed by atoms with E-state index in [2.05, 4.69) is 9.82 Å². The third-order valence-corrected chi connectivity index (χ3v) is 6.77. The number of hydrogen-bond acceptors (Lipinski definition) is 6. The van der Waals surface area contributed by atoms with Gasteiger partial charge in [0.2, 0.25) is 21.8 Å². The van der Waals surface area contributed by atoms with Crippen molar-refractivity contribution in [2.45, 2.75) is 38.5 Å². The van der Waals surface area contributed by atoms with Gasteiger partial charge < -0.3 is 0 Å². The van der Waals surface area contributed by atoms with Crippen molar-refractivity contribution in [1.29, 1.82) is 0 Å². The Balaban J connectivity index is 2.12. The van der Waals surface area contributed by atoms with Crippen LogP contribution < -0.4 is 4.72 Å². The number of amidine groups is 1. The number of rotatable bonds is 4. The molecule has 10 heteroatoms. The maximum Gasteiger partial charge on any atom is 0.249 e. The number of sulfonamides is 1. The molecule has 2 heterocycles. The van der Waals surface area contributed by atoms with Crippen LogP contribution in [0.2, 0.25) is 0 Å². The van der Waals surface area contributed by atoms with Crippen molar-refractivity contribution in [1.82, 2.24) is 14.6 Å². The van der Waals surface area contributed by atoms with Gasteiger partial charge in [0.25, 0.3) is 0 Å². The quantitative estimate of drug-likeness (QED) is 0.774. The first kappa shape index (κ1) is 21.8. The van der Waals surface area contributed by atoms with Gasteiger partial charge in [-0.15, -0.1) is 5.10 Å². The zero-order chi connectivity index (χ0) is 21.4. The summed E-state index contributed by atoms with van der Waals surface area (Å²) in [6.45, 7) is 5.82. The lowest BCUT2D eigenvalue weighted by atomic mass is 9.93. The number of benzene rings is 1. The molecule has 0 bridgehead atoms. The van der Waals surface area contributed by atoms with E-state index in [4.69, 9.17) is 0 Å². The van der Waals surface area contributed by atoms with Crippen molar-refractivity contribution >= 4 is 38.8 Å². The van der Waals surface area contributed by atoms with E-state index in [-0.39, 0.29) is 18.4 Å². The minimum absolute atomic E-state index is 0.0423. The third kappa shape index (κ3) is 4.49. The van der Waals surface area contributed by atoms with Gasteiger partial charge >= 0.3 is 0 Å². The molecule has 158 valence electrons. The number of nitrogens with one attached hydrogen (secondary N) is 1. The lowest BCUT2D eigenvalue weighted by Crippen LogP contribution is -2.52. The normalized spacial score (nSPS) is 22.9. The Bertz CT molecular complexity index is 941. The molecule has 1 aromatic rings. The van der Waals surface area contributed by atoms with E-state index in [1.165, 1.54) is 16.8 Å². The summed E-state index contributed by atoms with van der Waals surface area (Å²) < 4.78 is 26.3. The zero-order valence-corrected chi connectivity index (χ0v) is 18.6. The second-order valence-electron chi connectivity index (χ2n) is 8.24. The molecule has 2 aliphatic heterocycles. The summed E-state index contributed by atoms with van der Waals surface area (Å²) in [6.07, 6.45) is 2.24. The highest BCUT2D eigenvalue weighted by molar-refractivity contribution is 8.14. The van der Waals surface area contributed by atoms with Crippen molar-refractivity contribution in [2.24, 2.45) is 10.5 Å². The van der Waals surface area contributed by atoms with E-state index >= 15 is 0 Å². The predicted molar refractivity (Wildman–Crippen MR) is 113 cm³/mol. The Morgan fingerprint density at radius 3 is 2.45 bits per heavy atom. The van der Waals surface area contributed by atoms with E-state index in [1.54, 1.807) is 25.7 Å². The summed E-state index contributed by atoms with van der Waals surface area (Å²) in [4.78, 5) is 26.1. The van der Waals surface area contributed by atoms with Gasteiger partial charge in [-0.25, -0.2) is 18.1 Å². The molecular formula is C19H26N4O4S2. The first-order valence-electron chi connectivity index (χ1n) is 9.37. The number of hydrazone groups is 1. The molecule has 1 unspecified atom stereocenters. The van der Waals surface area contributed by atoms with Crippen LogP contribution in [0.25, 0.3) is 0 Å². The summed E-state index contributed by atoms with van der Waals surface area (Å²) >= 11 is 1.24. The molecular weight excluding hydrogens is 412 g/mol. The lowest BCUT2D eigenvalue weighted by molar-refractivity contribution is -0.143. The first-order valence-corrected chi connectivity index (χ1v) is 12.1. The van der Waals surface area contributed by atoms with Gasteiger partial charge in [0.1, 0.15) is 0 Å². The molecule has 0 saturated carbocycles. The van der Waals surface area contributed by atoms with Crippen molar-refractivity contribution in [3.63, 3.8) is 0 Å². The molecule has 1 saturated heterocycles. The van der Waals surface area contributed by atoms with Gasteiger partial charge in [0.15, 0.2) is 10.0 Å². The average molecular weight is 439 g/mol. The first-order chi connectivity index (χ1) is 13.4. The van der Waals surface area contributed by atoms with E-state index in [0.29, 0.717) is 18.1 Å². The molecule has 29 heavy (non-hydrogen) atoms. The van der Waals surface area contributed by atoms with Crippen LogP contribution in [0.4, 0.5) is 0 Å². The molecule has 8 nitrogen and oxygen atoms in total. The van der Waals surface area contributed by atoms with Gasteiger partial charge in [0.05, 0.1) is 12.8 Å². The predicted octanol–water partition coefficient (Wildman–Crippen LogP) is 1.90. The van der Waals surface area contributed by atoms with Crippen LogP contribution in [0.5, 0.6) is 0 Å². The SMILES string of the molecule is CC(C)(C)C(=O)N1N=C(N2CCCC2=O)SC1(CNS(C)(=O)=O)c1ccccc1. The van der Waals surface area contributed by atoms with Gasteiger partial charge in [-0.1, -0.05) is 51.1 Å². The largest absolute Gasteiger partial charge is 0.290 e. The van der Waals surface area contributed by atoms with Crippen LogP contribution in [0.15, 0.2) is 35.4 Å². The summed E-state index contributed by atoms with van der Waals surface area (Å²) in [7, 11) is -3.52. The summed E-state index contributed by atoms with van der Waals surface area (Å²) in [6, 6.07) is 9.19. The molecule has 0 aromatic heterocycles. The molecule has 0 aliphatic carbocycles. The summed E-state index contributed by atoms with van der Waals surface area (Å²) in [5.74, 6) is -0.301. The number of nitrogens with zero attached hydrogens (tertiary/aromatic N) is 3. The summed E-state index contributed by atoms with van der Waals surface area (Å²) in [5.41, 5.74) is -0.0243. The smallest absolute Gasteiger partial charge is 0.249 e. The monoisotopic (exact) mass is 438 g/mol. The van der Waals surface area contributed by atoms with Crippen LogP contribution in [0.3, 0.4) is 0 Å². The van der Waals surface area contributed by atoms with Crippen molar-refractivity contribution in [3.8, 4) is 0 Å². The molecule has 0 spiro atoms. The number of thioether (sulfide) groups is 1. The van der Waals surface area contributed by atoms with Gasteiger partial charge in [0, 0.05) is 18.4 Å². The van der Waals surface area contributed by atoms with E-state index in [9.17, 15) is 18.0 Å². The Hall–Kier alpha value is -1.91. The molecule has 1 aromatic carbocycles. The molecule has 2 aliphatic rings. The Labute approximate surface area is 175 Å². The van der Waals surface area contributed by atoms with Crippen LogP contribution in [-0.2, 0) is 24.5 Å². The second-order valence-corrected chi connectivity index (χ2v) is 11.3. The van der Waals surface area contributed by atoms with E-state index < -0.39 is 20.3 Å². The number of amides is 2. The minimum atomic E-state index is -3.52. The highest BCUT2D eigenvalue weighted by Crippen LogP contribution is 2.48. The Morgan fingerprint density at radius 1 is 1.28 bits per heavy atom. The van der Waals surface area contributed by atoms with Crippen LogP contribution in [-0.4, -0.2) is 54.7 Å². The maximum absolute atomic E-state index is 13.3. The highest BCUT2D eigenvalue weighted by Gasteiger charge is 2.52. The van der Waals surface area contributed by atoms with E-state index in [1.807, 2.05) is 30.3 Å². The molecule has 1 fully saturated rings. The molecule has 2 amide bonds. The Kier molecular flexibility index (Phi) is 5.81. The number of likely N-dealkylation sites (tertiary alicyclic amines) is 1. The van der Waals surface area contributed by atoms with Crippen LogP contribution in [0.1, 0.15) is 39.2 Å². The van der Waals surface area contributed by atoms with Crippen LogP contribution in [0, 0.1) is 5.41 Å². The van der Waals surface area contributed by atoms with Crippen molar-refractivity contribution < 1.29 is 18.0 Å². The molecule has 1 N–H and O–H groups in total. The Morgan fingerprint density at radius 2 is 1.93 bits per heavy atom. The van der Waals surface area contributed by atoms with Gasteiger partial charge in [-0.2, -0.15) is 0 Å². The average Bonchev–Trinajstić information content (AvgIpc) is 3.23. The van der Waals surface area contributed by atoms with Gasteiger partial charge in [-0.3, -0.25) is 14.5 Å². The number of carbonyl (C=O) groups is 2. The van der Waals surface area contributed by atoms with E-state index in [0.717, 1.165) is 18.2 Å². The minimum Gasteiger partial charge on any atom is -0.290 e. The van der Waals surface area contributed by atoms with Crippen molar-refractivity contribution in [3.05, 3.63) is 35.9 Å². The highest BCUT2D eigenvalue weighted by atomic mass is 32.2. The van der Waals surface area contributed by atoms with Gasteiger partial charge in [-0.05, 0) is 23.7 Å². The maximum atomic E-state index is 13.3. The fraction of sp³-hybridized carbons (Fsp3) is 0.526. The third-order valence-electron chi connectivity index (χ3n) is 4.72. The number of carbonyl (C=O) groups excluding carboxylic acids is 2. The zero-order valence-electron chi connectivity index (χ0n) is 17.0. The summed E-state index contributed by atoms with van der Waals surface area (Å²) in [5, 5.41) is 6.33.